The number of hydrogen-bond donors (Lipinski definition) is 1. The molecular weight excluding hydrogens is 140 g/mol. The standard InChI is InChI=1S/C8H14N2O/c1-6(3-4-9)8-7(2)5-10-11-8/h5-6H,3-4,9H2,1-2H3. The molecule has 0 aromatic carbocycles. The van der Waals surface area contributed by atoms with E-state index in [-0.39, 0.29) is 0 Å². The Kier molecular flexibility index (Phi) is 2.65. The van der Waals surface area contributed by atoms with Gasteiger partial charge in [0.15, 0.2) is 0 Å². The van der Waals surface area contributed by atoms with E-state index >= 15 is 0 Å². The van der Waals surface area contributed by atoms with Crippen LogP contribution in [0.5, 0.6) is 0 Å². The van der Waals surface area contributed by atoms with Crippen molar-refractivity contribution in [2.75, 3.05) is 6.54 Å². The molecule has 0 saturated carbocycles. The maximum atomic E-state index is 5.42. The lowest BCUT2D eigenvalue weighted by molar-refractivity contribution is 0.360. The first kappa shape index (κ1) is 8.27. The first-order valence-electron chi connectivity index (χ1n) is 3.87. The quantitative estimate of drug-likeness (QED) is 0.716. The second-order valence-electron chi connectivity index (χ2n) is 2.85. The highest BCUT2D eigenvalue weighted by molar-refractivity contribution is 5.14. The van der Waals surface area contributed by atoms with E-state index < -0.39 is 0 Å². The Hall–Kier alpha value is -0.830. The summed E-state index contributed by atoms with van der Waals surface area (Å²) in [6.45, 7) is 4.79. The number of aryl methyl sites for hydroxylation is 1. The highest BCUT2D eigenvalue weighted by Crippen LogP contribution is 2.20. The van der Waals surface area contributed by atoms with Crippen LogP contribution in [0.4, 0.5) is 0 Å². The summed E-state index contributed by atoms with van der Waals surface area (Å²) in [6.07, 6.45) is 2.69. The number of hydrogen-bond acceptors (Lipinski definition) is 3. The van der Waals surface area contributed by atoms with Crippen LogP contribution >= 0.6 is 0 Å². The molecule has 0 bridgehead atoms. The van der Waals surface area contributed by atoms with Gasteiger partial charge in [0.05, 0.1) is 6.20 Å². The van der Waals surface area contributed by atoms with E-state index in [9.17, 15) is 0 Å². The predicted octanol–water partition coefficient (Wildman–Crippen LogP) is 1.44. The van der Waals surface area contributed by atoms with Crippen LogP contribution in [0.1, 0.15) is 30.6 Å². The Morgan fingerprint density at radius 2 is 2.45 bits per heavy atom. The van der Waals surface area contributed by atoms with E-state index in [4.69, 9.17) is 10.3 Å². The minimum Gasteiger partial charge on any atom is -0.361 e. The van der Waals surface area contributed by atoms with Crippen molar-refractivity contribution < 1.29 is 4.52 Å². The van der Waals surface area contributed by atoms with Gasteiger partial charge in [0.25, 0.3) is 0 Å². The average molecular weight is 154 g/mol. The van der Waals surface area contributed by atoms with Gasteiger partial charge in [-0.25, -0.2) is 0 Å². The number of rotatable bonds is 3. The molecule has 1 rings (SSSR count). The minimum absolute atomic E-state index is 0.391. The summed E-state index contributed by atoms with van der Waals surface area (Å²) >= 11 is 0. The lowest BCUT2D eigenvalue weighted by atomic mass is 10.0. The van der Waals surface area contributed by atoms with Crippen LogP contribution in [0, 0.1) is 6.92 Å². The van der Waals surface area contributed by atoms with Crippen LogP contribution < -0.4 is 5.73 Å². The van der Waals surface area contributed by atoms with Crippen LogP contribution in [0.15, 0.2) is 10.7 Å². The van der Waals surface area contributed by atoms with Gasteiger partial charge < -0.3 is 10.3 Å². The van der Waals surface area contributed by atoms with Crippen molar-refractivity contribution in [2.45, 2.75) is 26.2 Å². The van der Waals surface area contributed by atoms with Crippen LogP contribution in [-0.2, 0) is 0 Å². The Labute approximate surface area is 66.6 Å². The molecule has 3 heteroatoms. The first-order chi connectivity index (χ1) is 5.25. The molecule has 0 radical (unpaired) electrons. The topological polar surface area (TPSA) is 52.0 Å². The second kappa shape index (κ2) is 3.53. The Balaban J connectivity index is 2.67. The predicted molar refractivity (Wildman–Crippen MR) is 43.3 cm³/mol. The Bertz CT molecular complexity index is 220. The van der Waals surface area contributed by atoms with Crippen LogP contribution in [0.25, 0.3) is 0 Å². The van der Waals surface area contributed by atoms with E-state index in [1.165, 1.54) is 0 Å². The monoisotopic (exact) mass is 154 g/mol. The summed E-state index contributed by atoms with van der Waals surface area (Å²) < 4.78 is 5.07. The molecule has 0 aliphatic heterocycles. The average Bonchev–Trinajstić information content (AvgIpc) is 2.36. The van der Waals surface area contributed by atoms with Gasteiger partial charge >= 0.3 is 0 Å². The molecule has 1 aromatic heterocycles. The molecule has 0 saturated heterocycles. The third-order valence-electron chi connectivity index (χ3n) is 1.83. The van der Waals surface area contributed by atoms with Gasteiger partial charge in [-0.15, -0.1) is 0 Å². The largest absolute Gasteiger partial charge is 0.361 e. The molecule has 1 heterocycles. The Morgan fingerprint density at radius 3 is 2.91 bits per heavy atom. The van der Waals surface area contributed by atoms with Crippen molar-refractivity contribution in [3.05, 3.63) is 17.5 Å². The van der Waals surface area contributed by atoms with Crippen molar-refractivity contribution in [3.63, 3.8) is 0 Å². The second-order valence-corrected chi connectivity index (χ2v) is 2.85. The van der Waals surface area contributed by atoms with Crippen molar-refractivity contribution in [1.29, 1.82) is 0 Å². The van der Waals surface area contributed by atoms with Gasteiger partial charge in [0.2, 0.25) is 0 Å². The molecule has 3 nitrogen and oxygen atoms in total. The summed E-state index contributed by atoms with van der Waals surface area (Å²) in [5, 5.41) is 3.71. The highest BCUT2D eigenvalue weighted by Gasteiger charge is 2.11. The summed E-state index contributed by atoms with van der Waals surface area (Å²) in [4.78, 5) is 0. The van der Waals surface area contributed by atoms with Gasteiger partial charge in [-0.3, -0.25) is 0 Å². The number of nitrogens with zero attached hydrogens (tertiary/aromatic N) is 1. The summed E-state index contributed by atoms with van der Waals surface area (Å²) in [6, 6.07) is 0. The molecular formula is C8H14N2O. The van der Waals surface area contributed by atoms with E-state index in [1.54, 1.807) is 6.20 Å². The fraction of sp³-hybridized carbons (Fsp3) is 0.625. The molecule has 0 amide bonds. The molecule has 0 aliphatic carbocycles. The van der Waals surface area contributed by atoms with Crippen LogP contribution in [0.3, 0.4) is 0 Å². The number of nitrogens with two attached hydrogens (primary N) is 1. The molecule has 0 aliphatic rings. The maximum Gasteiger partial charge on any atom is 0.142 e. The lowest BCUT2D eigenvalue weighted by Crippen LogP contribution is -2.04. The van der Waals surface area contributed by atoms with Crippen molar-refractivity contribution in [3.8, 4) is 0 Å². The Morgan fingerprint density at radius 1 is 1.73 bits per heavy atom. The van der Waals surface area contributed by atoms with Gasteiger partial charge in [0, 0.05) is 11.5 Å². The molecule has 2 N–H and O–H groups in total. The number of aromatic nitrogens is 1. The van der Waals surface area contributed by atoms with Gasteiger partial charge in [0.1, 0.15) is 5.76 Å². The fourth-order valence-corrected chi connectivity index (χ4v) is 1.16. The van der Waals surface area contributed by atoms with Crippen LogP contribution in [-0.4, -0.2) is 11.7 Å². The normalized spacial score (nSPS) is 13.4. The fourth-order valence-electron chi connectivity index (χ4n) is 1.16. The molecule has 1 unspecified atom stereocenters. The molecule has 1 aromatic rings. The van der Waals surface area contributed by atoms with Gasteiger partial charge in [-0.05, 0) is 19.9 Å². The zero-order chi connectivity index (χ0) is 8.27. The van der Waals surface area contributed by atoms with Crippen LogP contribution in [0.2, 0.25) is 0 Å². The van der Waals surface area contributed by atoms with Crippen molar-refractivity contribution >= 4 is 0 Å². The first-order valence-corrected chi connectivity index (χ1v) is 3.87. The van der Waals surface area contributed by atoms with E-state index in [0.717, 1.165) is 17.7 Å². The van der Waals surface area contributed by atoms with E-state index in [0.29, 0.717) is 12.5 Å². The third kappa shape index (κ3) is 1.80. The maximum absolute atomic E-state index is 5.42. The molecule has 0 spiro atoms. The van der Waals surface area contributed by atoms with Crippen molar-refractivity contribution in [1.82, 2.24) is 5.16 Å². The minimum atomic E-state index is 0.391. The van der Waals surface area contributed by atoms with E-state index in [1.807, 2.05) is 6.92 Å². The summed E-state index contributed by atoms with van der Waals surface area (Å²) in [7, 11) is 0. The van der Waals surface area contributed by atoms with Gasteiger partial charge in [-0.2, -0.15) is 0 Å². The zero-order valence-electron chi connectivity index (χ0n) is 7.00. The molecule has 0 fully saturated rings. The van der Waals surface area contributed by atoms with Crippen molar-refractivity contribution in [2.24, 2.45) is 5.73 Å². The molecule has 11 heavy (non-hydrogen) atoms. The van der Waals surface area contributed by atoms with E-state index in [2.05, 4.69) is 12.1 Å². The summed E-state index contributed by atoms with van der Waals surface area (Å²) in [5.41, 5.74) is 6.54. The highest BCUT2D eigenvalue weighted by atomic mass is 16.5. The SMILES string of the molecule is Cc1cnoc1C(C)CCN. The summed E-state index contributed by atoms with van der Waals surface area (Å²) in [5.74, 6) is 1.36. The molecule has 62 valence electrons. The lowest BCUT2D eigenvalue weighted by Gasteiger charge is -2.05. The zero-order valence-corrected chi connectivity index (χ0v) is 7.00. The third-order valence-corrected chi connectivity index (χ3v) is 1.83. The van der Waals surface area contributed by atoms with Gasteiger partial charge in [-0.1, -0.05) is 12.1 Å². The smallest absolute Gasteiger partial charge is 0.142 e. The molecule has 1 atom stereocenters.